The van der Waals surface area contributed by atoms with Gasteiger partial charge in [-0.05, 0) is 7.05 Å². The molecule has 0 aliphatic rings. The van der Waals surface area contributed by atoms with Gasteiger partial charge in [0, 0.05) is 13.1 Å². The van der Waals surface area contributed by atoms with Gasteiger partial charge in [-0.15, -0.1) is 0 Å². The third kappa shape index (κ3) is 5.93. The fourth-order valence-corrected chi connectivity index (χ4v) is 0.713. The standard InChI is InChI=1S/C5H15N3O2/c1-8(2-4(6)9)3-5(7)10/h4-5,9-10H,2-3,6-7H2,1H3. The van der Waals surface area contributed by atoms with Crippen LogP contribution in [0.1, 0.15) is 0 Å². The van der Waals surface area contributed by atoms with Crippen LogP contribution in [0.4, 0.5) is 0 Å². The molecule has 6 N–H and O–H groups in total. The van der Waals surface area contributed by atoms with Gasteiger partial charge in [0.05, 0.1) is 0 Å². The largest absolute Gasteiger partial charge is 0.377 e. The molecule has 0 aromatic rings. The van der Waals surface area contributed by atoms with Crippen LogP contribution in [0.15, 0.2) is 0 Å². The van der Waals surface area contributed by atoms with Crippen LogP contribution in [0.5, 0.6) is 0 Å². The van der Waals surface area contributed by atoms with E-state index in [4.69, 9.17) is 21.7 Å². The lowest BCUT2D eigenvalue weighted by Crippen LogP contribution is -2.41. The number of aliphatic hydroxyl groups is 2. The molecule has 2 atom stereocenters. The number of rotatable bonds is 4. The molecule has 0 aliphatic heterocycles. The molecule has 62 valence electrons. The summed E-state index contributed by atoms with van der Waals surface area (Å²) >= 11 is 0. The Hall–Kier alpha value is -0.200. The summed E-state index contributed by atoms with van der Waals surface area (Å²) in [6.45, 7) is 0.628. The highest BCUT2D eigenvalue weighted by Gasteiger charge is 2.05. The summed E-state index contributed by atoms with van der Waals surface area (Å²) in [5, 5.41) is 17.3. The Labute approximate surface area is 60.2 Å². The van der Waals surface area contributed by atoms with Gasteiger partial charge in [-0.1, -0.05) is 0 Å². The highest BCUT2D eigenvalue weighted by atomic mass is 16.3. The Morgan fingerprint density at radius 2 is 1.50 bits per heavy atom. The normalized spacial score (nSPS) is 17.4. The van der Waals surface area contributed by atoms with Crippen molar-refractivity contribution < 1.29 is 10.2 Å². The minimum absolute atomic E-state index is 0.314. The van der Waals surface area contributed by atoms with Gasteiger partial charge in [0.15, 0.2) is 0 Å². The van der Waals surface area contributed by atoms with E-state index in [1.165, 1.54) is 0 Å². The zero-order chi connectivity index (χ0) is 8.15. The Bertz CT molecular complexity index is 77.0. The number of hydrogen-bond donors (Lipinski definition) is 4. The fourth-order valence-electron chi connectivity index (χ4n) is 0.713. The zero-order valence-electron chi connectivity index (χ0n) is 6.07. The third-order valence-electron chi connectivity index (χ3n) is 0.997. The summed E-state index contributed by atoms with van der Waals surface area (Å²) in [5.74, 6) is 0. The number of aliphatic hydroxyl groups excluding tert-OH is 2. The average molecular weight is 149 g/mol. The molecule has 0 spiro atoms. The Kier molecular flexibility index (Phi) is 4.50. The Balaban J connectivity index is 3.34. The second-order valence-electron chi connectivity index (χ2n) is 2.36. The third-order valence-corrected chi connectivity index (χ3v) is 0.997. The van der Waals surface area contributed by atoms with E-state index in [1.807, 2.05) is 0 Å². The number of nitrogens with two attached hydrogens (primary N) is 2. The minimum atomic E-state index is -0.872. The predicted octanol–water partition coefficient (Wildman–Crippen LogP) is -2.53. The molecule has 5 nitrogen and oxygen atoms in total. The van der Waals surface area contributed by atoms with E-state index < -0.39 is 12.5 Å². The second kappa shape index (κ2) is 4.59. The maximum atomic E-state index is 8.65. The molecule has 0 saturated heterocycles. The quantitative estimate of drug-likeness (QED) is 0.331. The molecular formula is C5H15N3O2. The van der Waals surface area contributed by atoms with Crippen molar-refractivity contribution in [2.75, 3.05) is 20.1 Å². The average Bonchev–Trinajstić information content (AvgIpc) is 1.58. The minimum Gasteiger partial charge on any atom is -0.377 e. The monoisotopic (exact) mass is 149 g/mol. The van der Waals surface area contributed by atoms with Gasteiger partial charge in [0.25, 0.3) is 0 Å². The van der Waals surface area contributed by atoms with E-state index in [9.17, 15) is 0 Å². The molecule has 0 rings (SSSR count). The molecule has 0 bridgehead atoms. The number of hydrogen-bond acceptors (Lipinski definition) is 5. The van der Waals surface area contributed by atoms with Crippen LogP contribution in [0.3, 0.4) is 0 Å². The lowest BCUT2D eigenvalue weighted by atomic mass is 10.4. The first-order valence-electron chi connectivity index (χ1n) is 3.08. The van der Waals surface area contributed by atoms with Gasteiger partial charge < -0.3 is 21.7 Å². The van der Waals surface area contributed by atoms with Gasteiger partial charge in [0.1, 0.15) is 12.5 Å². The van der Waals surface area contributed by atoms with E-state index in [0.29, 0.717) is 13.1 Å². The Morgan fingerprint density at radius 3 is 1.70 bits per heavy atom. The van der Waals surface area contributed by atoms with E-state index in [2.05, 4.69) is 0 Å². The van der Waals surface area contributed by atoms with Crippen molar-refractivity contribution in [1.29, 1.82) is 0 Å². The summed E-state index contributed by atoms with van der Waals surface area (Å²) < 4.78 is 0. The lowest BCUT2D eigenvalue weighted by molar-refractivity contribution is 0.0891. The molecule has 2 unspecified atom stereocenters. The van der Waals surface area contributed by atoms with Crippen LogP contribution >= 0.6 is 0 Å². The van der Waals surface area contributed by atoms with Crippen LogP contribution in [0, 0.1) is 0 Å². The maximum Gasteiger partial charge on any atom is 0.115 e. The first kappa shape index (κ1) is 9.80. The molecule has 0 saturated carbocycles. The molecule has 0 amide bonds. The maximum absolute atomic E-state index is 8.65. The van der Waals surface area contributed by atoms with Crippen LogP contribution in [-0.4, -0.2) is 47.7 Å². The zero-order valence-corrected chi connectivity index (χ0v) is 6.07. The Morgan fingerprint density at radius 1 is 1.20 bits per heavy atom. The molecule has 0 aromatic carbocycles. The molecule has 0 heterocycles. The molecule has 0 aromatic heterocycles. The van der Waals surface area contributed by atoms with Crippen LogP contribution in [0.25, 0.3) is 0 Å². The van der Waals surface area contributed by atoms with Crippen LogP contribution < -0.4 is 11.5 Å². The van der Waals surface area contributed by atoms with Gasteiger partial charge in [-0.25, -0.2) is 0 Å². The van der Waals surface area contributed by atoms with Crippen molar-refractivity contribution in [2.24, 2.45) is 11.5 Å². The van der Waals surface area contributed by atoms with E-state index in [0.717, 1.165) is 0 Å². The molecule has 5 heteroatoms. The smallest absolute Gasteiger partial charge is 0.115 e. The topological polar surface area (TPSA) is 95.7 Å². The van der Waals surface area contributed by atoms with Crippen molar-refractivity contribution in [3.8, 4) is 0 Å². The molecular weight excluding hydrogens is 134 g/mol. The van der Waals surface area contributed by atoms with E-state index in [1.54, 1.807) is 11.9 Å². The van der Waals surface area contributed by atoms with Gasteiger partial charge in [-0.3, -0.25) is 4.90 Å². The summed E-state index contributed by atoms with van der Waals surface area (Å²) in [4.78, 5) is 1.65. The van der Waals surface area contributed by atoms with Crippen molar-refractivity contribution in [3.05, 3.63) is 0 Å². The van der Waals surface area contributed by atoms with Crippen molar-refractivity contribution in [2.45, 2.75) is 12.5 Å². The first-order valence-corrected chi connectivity index (χ1v) is 3.08. The molecule has 0 aliphatic carbocycles. The van der Waals surface area contributed by atoms with Crippen LogP contribution in [-0.2, 0) is 0 Å². The molecule has 10 heavy (non-hydrogen) atoms. The summed E-state index contributed by atoms with van der Waals surface area (Å²) in [5.41, 5.74) is 10.1. The van der Waals surface area contributed by atoms with Crippen molar-refractivity contribution >= 4 is 0 Å². The van der Waals surface area contributed by atoms with Gasteiger partial charge in [0.2, 0.25) is 0 Å². The lowest BCUT2D eigenvalue weighted by Gasteiger charge is -2.18. The fraction of sp³-hybridized carbons (Fsp3) is 1.00. The number of nitrogens with zero attached hydrogens (tertiary/aromatic N) is 1. The highest BCUT2D eigenvalue weighted by molar-refractivity contribution is 4.57. The highest BCUT2D eigenvalue weighted by Crippen LogP contribution is 1.83. The van der Waals surface area contributed by atoms with Crippen LogP contribution in [0.2, 0.25) is 0 Å². The van der Waals surface area contributed by atoms with Gasteiger partial charge in [-0.2, -0.15) is 0 Å². The van der Waals surface area contributed by atoms with Gasteiger partial charge >= 0.3 is 0 Å². The predicted molar refractivity (Wildman–Crippen MR) is 37.9 cm³/mol. The molecule has 0 fully saturated rings. The second-order valence-corrected chi connectivity index (χ2v) is 2.36. The first-order chi connectivity index (χ1) is 4.52. The van der Waals surface area contributed by atoms with E-state index >= 15 is 0 Å². The summed E-state index contributed by atoms with van der Waals surface area (Å²) in [7, 11) is 1.71. The van der Waals surface area contributed by atoms with Crippen molar-refractivity contribution in [3.63, 3.8) is 0 Å². The SMILES string of the molecule is CN(CC(N)O)CC(N)O. The van der Waals surface area contributed by atoms with E-state index in [-0.39, 0.29) is 0 Å². The number of likely N-dealkylation sites (N-methyl/N-ethyl adjacent to an activating group) is 1. The summed E-state index contributed by atoms with van der Waals surface area (Å²) in [6.07, 6.45) is -1.74. The summed E-state index contributed by atoms with van der Waals surface area (Å²) in [6, 6.07) is 0. The molecule has 0 radical (unpaired) electrons. The van der Waals surface area contributed by atoms with Crippen molar-refractivity contribution in [1.82, 2.24) is 4.90 Å².